The van der Waals surface area contributed by atoms with Crippen LogP contribution in [0.2, 0.25) is 0 Å². The average molecular weight is 764 g/mol. The van der Waals surface area contributed by atoms with E-state index < -0.39 is 0 Å². The first-order chi connectivity index (χ1) is 29.7. The zero-order valence-corrected chi connectivity index (χ0v) is 32.7. The molecule has 0 N–H and O–H groups in total. The molecule has 0 fully saturated rings. The summed E-state index contributed by atoms with van der Waals surface area (Å²) in [7, 11) is 0. The number of benzene rings is 9. The van der Waals surface area contributed by atoms with Gasteiger partial charge in [-0.15, -0.1) is 0 Å². The molecular formula is C57H37N3. The third kappa shape index (κ3) is 6.58. The lowest BCUT2D eigenvalue weighted by Crippen LogP contribution is -1.96. The van der Waals surface area contributed by atoms with Crippen LogP contribution < -0.4 is 0 Å². The van der Waals surface area contributed by atoms with Gasteiger partial charge in [0.15, 0.2) is 5.82 Å². The summed E-state index contributed by atoms with van der Waals surface area (Å²) in [5, 5.41) is 6.03. The number of pyridine rings is 1. The molecule has 0 amide bonds. The van der Waals surface area contributed by atoms with E-state index in [1.807, 2.05) is 12.1 Å². The Bertz CT molecular complexity index is 3200. The van der Waals surface area contributed by atoms with Crippen molar-refractivity contribution in [3.63, 3.8) is 0 Å². The van der Waals surface area contributed by atoms with Crippen molar-refractivity contribution in [2.24, 2.45) is 0 Å². The number of fused-ring (bicyclic) bond motifs is 5. The molecule has 9 aromatic carbocycles. The molecule has 3 nitrogen and oxygen atoms in total. The average Bonchev–Trinajstić information content (AvgIpc) is 3.34. The number of rotatable bonds is 7. The normalized spacial score (nSPS) is 11.3. The first kappa shape index (κ1) is 35.2. The molecule has 0 saturated carbocycles. The molecular weight excluding hydrogens is 727 g/mol. The fourth-order valence-electron chi connectivity index (χ4n) is 8.40. The van der Waals surface area contributed by atoms with Crippen LogP contribution in [0.1, 0.15) is 0 Å². The van der Waals surface area contributed by atoms with E-state index in [9.17, 15) is 0 Å². The largest absolute Gasteiger partial charge is 0.247 e. The van der Waals surface area contributed by atoms with Crippen LogP contribution in [0.15, 0.2) is 224 Å². The third-order valence-electron chi connectivity index (χ3n) is 11.5. The van der Waals surface area contributed by atoms with Gasteiger partial charge in [-0.1, -0.05) is 206 Å². The summed E-state index contributed by atoms with van der Waals surface area (Å²) in [5.74, 6) is 0.682. The van der Waals surface area contributed by atoms with E-state index in [-0.39, 0.29) is 0 Å². The Kier molecular flexibility index (Phi) is 8.83. The van der Waals surface area contributed by atoms with E-state index in [0.29, 0.717) is 5.82 Å². The maximum absolute atomic E-state index is 5.26. The van der Waals surface area contributed by atoms with Crippen molar-refractivity contribution in [2.75, 3.05) is 0 Å². The minimum absolute atomic E-state index is 0.682. The second-order valence-corrected chi connectivity index (χ2v) is 15.2. The lowest BCUT2D eigenvalue weighted by atomic mass is 9.94. The molecule has 11 aromatic rings. The predicted octanol–water partition coefficient (Wildman–Crippen LogP) is 15.0. The quantitative estimate of drug-likeness (QED) is 0.152. The molecule has 3 heteroatoms. The maximum atomic E-state index is 5.26. The zero-order valence-electron chi connectivity index (χ0n) is 32.7. The number of hydrogen-bond donors (Lipinski definition) is 0. The van der Waals surface area contributed by atoms with Gasteiger partial charge >= 0.3 is 0 Å². The van der Waals surface area contributed by atoms with Crippen molar-refractivity contribution in [1.29, 1.82) is 0 Å². The van der Waals surface area contributed by atoms with Crippen LogP contribution in [-0.4, -0.2) is 15.0 Å². The molecule has 0 radical (unpaired) electrons. The summed E-state index contributed by atoms with van der Waals surface area (Å²) < 4.78 is 0. The summed E-state index contributed by atoms with van der Waals surface area (Å²) in [6.45, 7) is 0. The van der Waals surface area contributed by atoms with Gasteiger partial charge < -0.3 is 0 Å². The molecule has 2 aromatic heterocycles. The number of aromatic nitrogens is 3. The highest BCUT2D eigenvalue weighted by atomic mass is 14.9. The molecule has 0 saturated heterocycles. The summed E-state index contributed by atoms with van der Waals surface area (Å²) in [6, 6.07) is 79.2. The molecule has 0 aliphatic carbocycles. The zero-order chi connectivity index (χ0) is 39.8. The van der Waals surface area contributed by atoms with Crippen LogP contribution in [0.4, 0.5) is 0 Å². The van der Waals surface area contributed by atoms with Crippen LogP contribution in [0.5, 0.6) is 0 Å². The summed E-state index contributed by atoms with van der Waals surface area (Å²) in [5.41, 5.74) is 14.8. The molecule has 0 aliphatic heterocycles. The Morgan fingerprint density at radius 2 is 0.717 bits per heavy atom. The Hall–Kier alpha value is -8.01. The Balaban J connectivity index is 0.969. The lowest BCUT2D eigenvalue weighted by molar-refractivity contribution is 1.18. The number of para-hydroxylation sites is 1. The highest BCUT2D eigenvalue weighted by Gasteiger charge is 2.15. The second kappa shape index (κ2) is 15.1. The summed E-state index contributed by atoms with van der Waals surface area (Å²) in [6.07, 6.45) is 0. The smallest absolute Gasteiger partial charge is 0.160 e. The van der Waals surface area contributed by atoms with E-state index in [1.165, 1.54) is 43.8 Å². The molecule has 0 unspecified atom stereocenters. The van der Waals surface area contributed by atoms with Gasteiger partial charge in [-0.3, -0.25) is 0 Å². The second-order valence-electron chi connectivity index (χ2n) is 15.2. The first-order valence-corrected chi connectivity index (χ1v) is 20.3. The molecule has 0 aliphatic rings. The molecule has 280 valence electrons. The van der Waals surface area contributed by atoms with Gasteiger partial charge in [0.25, 0.3) is 0 Å². The minimum Gasteiger partial charge on any atom is -0.247 e. The lowest BCUT2D eigenvalue weighted by Gasteiger charge is -2.14. The molecule has 0 bridgehead atoms. The molecule has 60 heavy (non-hydrogen) atoms. The van der Waals surface area contributed by atoms with Crippen molar-refractivity contribution < 1.29 is 0 Å². The van der Waals surface area contributed by atoms with E-state index in [4.69, 9.17) is 15.0 Å². The highest BCUT2D eigenvalue weighted by Crippen LogP contribution is 2.38. The van der Waals surface area contributed by atoms with Gasteiger partial charge in [0.1, 0.15) is 0 Å². The maximum Gasteiger partial charge on any atom is 0.160 e. The molecule has 2 heterocycles. The van der Waals surface area contributed by atoms with E-state index >= 15 is 0 Å². The van der Waals surface area contributed by atoms with E-state index in [0.717, 1.165) is 61.4 Å². The standard InChI is InChI=1S/C57H37N3/c1-3-12-38(13-4-1)40-22-28-44(29-23-40)53-37-54(45-30-24-41(25-31-45)39-14-5-2-6-15-39)60-57(59-53)46-32-26-42(27-33-46)47-17-11-18-48(36-47)56-51-35-34-43-16-7-8-19-49(43)55(51)50-20-9-10-21-52(50)58-56/h1-37H. The number of nitrogens with zero attached hydrogens (tertiary/aromatic N) is 3. The van der Waals surface area contributed by atoms with Gasteiger partial charge in [-0.05, 0) is 62.4 Å². The fourth-order valence-corrected chi connectivity index (χ4v) is 8.40. The van der Waals surface area contributed by atoms with Crippen LogP contribution in [0, 0.1) is 0 Å². The van der Waals surface area contributed by atoms with Crippen molar-refractivity contribution in [3.8, 4) is 78.5 Å². The Morgan fingerprint density at radius 1 is 0.250 bits per heavy atom. The van der Waals surface area contributed by atoms with Crippen LogP contribution in [0.3, 0.4) is 0 Å². The molecule has 0 atom stereocenters. The van der Waals surface area contributed by atoms with Gasteiger partial charge in [0.05, 0.1) is 22.6 Å². The number of hydrogen-bond acceptors (Lipinski definition) is 3. The summed E-state index contributed by atoms with van der Waals surface area (Å²) in [4.78, 5) is 15.6. The van der Waals surface area contributed by atoms with Gasteiger partial charge in [0, 0.05) is 38.4 Å². The van der Waals surface area contributed by atoms with Crippen LogP contribution in [-0.2, 0) is 0 Å². The SMILES string of the molecule is c1ccc(-c2ccc(-c3cc(-c4ccc(-c5ccccc5)cc4)nc(-c4ccc(-c5cccc(-c6nc7ccccc7c7c6ccc6ccccc67)c5)cc4)n3)cc2)cc1. The highest BCUT2D eigenvalue weighted by molar-refractivity contribution is 6.22. The third-order valence-corrected chi connectivity index (χ3v) is 11.5. The van der Waals surface area contributed by atoms with Crippen molar-refractivity contribution in [2.45, 2.75) is 0 Å². The van der Waals surface area contributed by atoms with Gasteiger partial charge in [0.2, 0.25) is 0 Å². The van der Waals surface area contributed by atoms with E-state index in [1.54, 1.807) is 0 Å². The predicted molar refractivity (Wildman–Crippen MR) is 250 cm³/mol. The van der Waals surface area contributed by atoms with Gasteiger partial charge in [-0.25, -0.2) is 15.0 Å². The topological polar surface area (TPSA) is 38.7 Å². The first-order valence-electron chi connectivity index (χ1n) is 20.3. The minimum atomic E-state index is 0.682. The van der Waals surface area contributed by atoms with E-state index in [2.05, 4.69) is 212 Å². The fraction of sp³-hybridized carbons (Fsp3) is 0. The monoisotopic (exact) mass is 763 g/mol. The van der Waals surface area contributed by atoms with Crippen molar-refractivity contribution in [1.82, 2.24) is 15.0 Å². The Labute approximate surface area is 349 Å². The van der Waals surface area contributed by atoms with Crippen molar-refractivity contribution in [3.05, 3.63) is 224 Å². The van der Waals surface area contributed by atoms with Crippen molar-refractivity contribution >= 4 is 32.4 Å². The molecule has 11 rings (SSSR count). The molecule has 0 spiro atoms. The Morgan fingerprint density at radius 3 is 1.35 bits per heavy atom. The summed E-state index contributed by atoms with van der Waals surface area (Å²) >= 11 is 0. The van der Waals surface area contributed by atoms with Crippen LogP contribution >= 0.6 is 0 Å². The van der Waals surface area contributed by atoms with Crippen LogP contribution in [0.25, 0.3) is 111 Å². The van der Waals surface area contributed by atoms with Gasteiger partial charge in [-0.2, -0.15) is 0 Å².